The number of aromatic nitrogens is 2. The van der Waals surface area contributed by atoms with Crippen molar-refractivity contribution in [3.05, 3.63) is 23.8 Å². The molecule has 1 aromatic heterocycles. The number of nitrogens with one attached hydrogen (secondary N) is 1. The second-order valence-corrected chi connectivity index (χ2v) is 4.24. The summed E-state index contributed by atoms with van der Waals surface area (Å²) in [6, 6.07) is -0.389. The first-order chi connectivity index (χ1) is 8.42. The van der Waals surface area contributed by atoms with Crippen LogP contribution < -0.4 is 5.32 Å². The van der Waals surface area contributed by atoms with E-state index in [-0.39, 0.29) is 12.5 Å². The molecule has 0 bridgehead atoms. The third kappa shape index (κ3) is 5.44. The fourth-order valence-electron chi connectivity index (χ4n) is 1.56. The van der Waals surface area contributed by atoms with Crippen molar-refractivity contribution in [2.45, 2.75) is 45.3 Å². The van der Waals surface area contributed by atoms with Crippen LogP contribution in [-0.4, -0.2) is 22.7 Å². The standard InChI is InChI=1S/C12H18F3N3/c1-3-6-16-10(4-5-12(13,14)15)11-8-17-9(2)7-18-11/h7-8,10,16H,3-6H2,1-2H3. The zero-order valence-electron chi connectivity index (χ0n) is 10.6. The molecular weight excluding hydrogens is 243 g/mol. The largest absolute Gasteiger partial charge is 0.389 e. The van der Waals surface area contributed by atoms with Gasteiger partial charge in [0, 0.05) is 12.6 Å². The molecule has 0 radical (unpaired) electrons. The first-order valence-electron chi connectivity index (χ1n) is 6.01. The van der Waals surface area contributed by atoms with E-state index in [0.29, 0.717) is 12.2 Å². The SMILES string of the molecule is CCCNC(CCC(F)(F)F)c1cnc(C)cn1. The van der Waals surface area contributed by atoms with Gasteiger partial charge in [0.1, 0.15) is 0 Å². The quantitative estimate of drug-likeness (QED) is 0.854. The van der Waals surface area contributed by atoms with E-state index in [9.17, 15) is 13.2 Å². The van der Waals surface area contributed by atoms with Crippen LogP contribution in [0.5, 0.6) is 0 Å². The van der Waals surface area contributed by atoms with E-state index in [2.05, 4.69) is 15.3 Å². The summed E-state index contributed by atoms with van der Waals surface area (Å²) in [7, 11) is 0. The van der Waals surface area contributed by atoms with Crippen LogP contribution in [0.25, 0.3) is 0 Å². The highest BCUT2D eigenvalue weighted by Crippen LogP contribution is 2.26. The maximum Gasteiger partial charge on any atom is 0.389 e. The Bertz CT molecular complexity index is 349. The van der Waals surface area contributed by atoms with E-state index in [4.69, 9.17) is 0 Å². The van der Waals surface area contributed by atoms with Crippen molar-refractivity contribution < 1.29 is 13.2 Å². The van der Waals surface area contributed by atoms with E-state index in [1.165, 1.54) is 0 Å². The molecule has 18 heavy (non-hydrogen) atoms. The molecule has 1 atom stereocenters. The van der Waals surface area contributed by atoms with Crippen molar-refractivity contribution in [1.29, 1.82) is 0 Å². The van der Waals surface area contributed by atoms with E-state index in [1.54, 1.807) is 19.3 Å². The molecule has 1 heterocycles. The highest BCUT2D eigenvalue weighted by Gasteiger charge is 2.29. The molecule has 0 aliphatic carbocycles. The number of halogens is 3. The summed E-state index contributed by atoms with van der Waals surface area (Å²) < 4.78 is 36.8. The van der Waals surface area contributed by atoms with Crippen molar-refractivity contribution in [1.82, 2.24) is 15.3 Å². The first-order valence-corrected chi connectivity index (χ1v) is 6.01. The highest BCUT2D eigenvalue weighted by molar-refractivity contribution is 5.05. The second-order valence-electron chi connectivity index (χ2n) is 4.24. The Morgan fingerprint density at radius 1 is 1.28 bits per heavy atom. The maximum absolute atomic E-state index is 12.3. The molecule has 0 aliphatic heterocycles. The maximum atomic E-state index is 12.3. The summed E-state index contributed by atoms with van der Waals surface area (Å²) in [5, 5.41) is 3.08. The predicted octanol–water partition coefficient (Wildman–Crippen LogP) is 3.17. The number of aryl methyl sites for hydroxylation is 1. The molecule has 0 saturated heterocycles. The molecule has 0 spiro atoms. The van der Waals surface area contributed by atoms with E-state index in [1.807, 2.05) is 6.92 Å². The molecule has 0 amide bonds. The normalized spacial score (nSPS) is 13.6. The monoisotopic (exact) mass is 261 g/mol. The van der Waals surface area contributed by atoms with Crippen LogP contribution in [0.15, 0.2) is 12.4 Å². The lowest BCUT2D eigenvalue weighted by Gasteiger charge is -2.18. The van der Waals surface area contributed by atoms with Crippen molar-refractivity contribution in [3.8, 4) is 0 Å². The lowest BCUT2D eigenvalue weighted by atomic mass is 10.1. The first kappa shape index (κ1) is 14.9. The fraction of sp³-hybridized carbons (Fsp3) is 0.667. The number of nitrogens with zero attached hydrogens (tertiary/aromatic N) is 2. The minimum atomic E-state index is -4.13. The van der Waals surface area contributed by atoms with Crippen molar-refractivity contribution in [3.63, 3.8) is 0 Å². The summed E-state index contributed by atoms with van der Waals surface area (Å²) in [5.41, 5.74) is 1.32. The Hall–Kier alpha value is -1.17. The van der Waals surface area contributed by atoms with E-state index >= 15 is 0 Å². The van der Waals surface area contributed by atoms with Gasteiger partial charge in [-0.1, -0.05) is 6.92 Å². The zero-order chi connectivity index (χ0) is 13.6. The molecule has 6 heteroatoms. The van der Waals surface area contributed by atoms with Gasteiger partial charge in [0.15, 0.2) is 0 Å². The van der Waals surface area contributed by atoms with Gasteiger partial charge in [-0.05, 0) is 26.3 Å². The number of alkyl halides is 3. The van der Waals surface area contributed by atoms with Gasteiger partial charge in [-0.25, -0.2) is 0 Å². The van der Waals surface area contributed by atoms with Crippen LogP contribution in [0, 0.1) is 6.92 Å². The molecular formula is C12H18F3N3. The summed E-state index contributed by atoms with van der Waals surface area (Å²) in [4.78, 5) is 8.21. The van der Waals surface area contributed by atoms with Gasteiger partial charge < -0.3 is 5.32 Å². The van der Waals surface area contributed by atoms with Crippen LogP contribution in [0.2, 0.25) is 0 Å². The van der Waals surface area contributed by atoms with Crippen LogP contribution >= 0.6 is 0 Å². The average molecular weight is 261 g/mol. The zero-order valence-corrected chi connectivity index (χ0v) is 10.6. The number of hydrogen-bond acceptors (Lipinski definition) is 3. The molecule has 0 aliphatic rings. The van der Waals surface area contributed by atoms with Crippen LogP contribution in [0.1, 0.15) is 43.6 Å². The lowest BCUT2D eigenvalue weighted by Crippen LogP contribution is -2.25. The van der Waals surface area contributed by atoms with Gasteiger partial charge in [-0.3, -0.25) is 9.97 Å². The third-order valence-electron chi connectivity index (χ3n) is 2.52. The molecule has 1 N–H and O–H groups in total. The predicted molar refractivity (Wildman–Crippen MR) is 63.1 cm³/mol. The Morgan fingerprint density at radius 2 is 2.00 bits per heavy atom. The summed E-state index contributed by atoms with van der Waals surface area (Å²) in [6.45, 7) is 4.42. The van der Waals surface area contributed by atoms with Gasteiger partial charge in [-0.2, -0.15) is 13.2 Å². The lowest BCUT2D eigenvalue weighted by molar-refractivity contribution is -0.136. The number of hydrogen-bond donors (Lipinski definition) is 1. The molecule has 3 nitrogen and oxygen atoms in total. The molecule has 1 aromatic rings. The minimum Gasteiger partial charge on any atom is -0.309 e. The Morgan fingerprint density at radius 3 is 2.50 bits per heavy atom. The topological polar surface area (TPSA) is 37.8 Å². The molecule has 0 fully saturated rings. The molecule has 1 rings (SSSR count). The van der Waals surface area contributed by atoms with E-state index in [0.717, 1.165) is 12.1 Å². The molecule has 0 aromatic carbocycles. The Balaban J connectivity index is 2.68. The smallest absolute Gasteiger partial charge is 0.309 e. The average Bonchev–Trinajstić information content (AvgIpc) is 2.29. The molecule has 0 saturated carbocycles. The van der Waals surface area contributed by atoms with Crippen molar-refractivity contribution >= 4 is 0 Å². The molecule has 102 valence electrons. The van der Waals surface area contributed by atoms with Gasteiger partial charge in [0.05, 0.1) is 23.6 Å². The number of rotatable bonds is 6. The van der Waals surface area contributed by atoms with Crippen LogP contribution in [-0.2, 0) is 0 Å². The second kappa shape index (κ2) is 6.68. The fourth-order valence-corrected chi connectivity index (χ4v) is 1.56. The van der Waals surface area contributed by atoms with Crippen molar-refractivity contribution in [2.75, 3.05) is 6.54 Å². The summed E-state index contributed by atoms with van der Waals surface area (Å²) >= 11 is 0. The van der Waals surface area contributed by atoms with Crippen molar-refractivity contribution in [2.24, 2.45) is 0 Å². The molecule has 1 unspecified atom stereocenters. The van der Waals surface area contributed by atoms with Gasteiger partial charge in [0.25, 0.3) is 0 Å². The van der Waals surface area contributed by atoms with Crippen LogP contribution in [0.3, 0.4) is 0 Å². The van der Waals surface area contributed by atoms with Gasteiger partial charge in [0.2, 0.25) is 0 Å². The van der Waals surface area contributed by atoms with Gasteiger partial charge in [-0.15, -0.1) is 0 Å². The van der Waals surface area contributed by atoms with Crippen LogP contribution in [0.4, 0.5) is 13.2 Å². The highest BCUT2D eigenvalue weighted by atomic mass is 19.4. The van der Waals surface area contributed by atoms with E-state index < -0.39 is 12.6 Å². The Kier molecular flexibility index (Phi) is 5.53. The summed E-state index contributed by atoms with van der Waals surface area (Å²) in [5.74, 6) is 0. The Labute approximate surface area is 105 Å². The summed E-state index contributed by atoms with van der Waals surface area (Å²) in [6.07, 6.45) is -0.986. The third-order valence-corrected chi connectivity index (χ3v) is 2.52. The minimum absolute atomic E-state index is 0.0127. The van der Waals surface area contributed by atoms with Gasteiger partial charge >= 0.3 is 6.18 Å².